The van der Waals surface area contributed by atoms with Crippen molar-refractivity contribution < 1.29 is 9.90 Å². The summed E-state index contributed by atoms with van der Waals surface area (Å²) < 4.78 is 0. The van der Waals surface area contributed by atoms with Gasteiger partial charge in [0.2, 0.25) is 5.56 Å². The zero-order valence-electron chi connectivity index (χ0n) is 11.0. The van der Waals surface area contributed by atoms with Crippen molar-refractivity contribution in [1.82, 2.24) is 15.6 Å². The number of amides is 1. The van der Waals surface area contributed by atoms with Gasteiger partial charge in [-0.1, -0.05) is 0 Å². The summed E-state index contributed by atoms with van der Waals surface area (Å²) in [6.07, 6.45) is 1.55. The molecule has 0 radical (unpaired) electrons. The molecule has 2 rings (SSSR count). The van der Waals surface area contributed by atoms with E-state index >= 15 is 0 Å². The number of carbonyl (C=O) groups is 1. The van der Waals surface area contributed by atoms with Gasteiger partial charge < -0.3 is 20.7 Å². The van der Waals surface area contributed by atoms with Gasteiger partial charge in [0.15, 0.2) is 0 Å². The topological polar surface area (TPSA) is 94.2 Å². The lowest BCUT2D eigenvalue weighted by molar-refractivity contribution is 0.0170. The summed E-state index contributed by atoms with van der Waals surface area (Å²) in [6, 6.07) is 2.87. The fourth-order valence-electron chi connectivity index (χ4n) is 2.26. The van der Waals surface area contributed by atoms with Gasteiger partial charge in [-0.15, -0.1) is 0 Å². The highest BCUT2D eigenvalue weighted by atomic mass is 16.3. The number of piperidine rings is 1. The van der Waals surface area contributed by atoms with E-state index in [0.29, 0.717) is 24.2 Å². The second kappa shape index (κ2) is 5.54. The monoisotopic (exact) mass is 265 g/mol. The number of nitrogens with one attached hydrogen (secondary N) is 3. The van der Waals surface area contributed by atoms with Crippen molar-refractivity contribution in [2.45, 2.75) is 25.4 Å². The molecule has 4 N–H and O–H groups in total. The van der Waals surface area contributed by atoms with E-state index in [2.05, 4.69) is 15.6 Å². The summed E-state index contributed by atoms with van der Waals surface area (Å²) in [5.41, 5.74) is -0.253. The first-order valence-electron chi connectivity index (χ1n) is 6.41. The van der Waals surface area contributed by atoms with Crippen LogP contribution in [0.25, 0.3) is 0 Å². The molecular formula is C13H19N3O3. The van der Waals surface area contributed by atoms with Crippen molar-refractivity contribution in [2.75, 3.05) is 19.6 Å². The number of aromatic amines is 1. The highest BCUT2D eigenvalue weighted by Crippen LogP contribution is 2.14. The molecule has 0 spiro atoms. The number of pyridine rings is 1. The molecule has 1 unspecified atom stereocenters. The van der Waals surface area contributed by atoms with Gasteiger partial charge in [0.1, 0.15) is 0 Å². The number of aryl methyl sites for hydroxylation is 1. The highest BCUT2D eigenvalue weighted by Gasteiger charge is 2.29. The third kappa shape index (κ3) is 3.65. The van der Waals surface area contributed by atoms with Gasteiger partial charge >= 0.3 is 0 Å². The quantitative estimate of drug-likeness (QED) is 0.594. The molecule has 1 atom stereocenters. The van der Waals surface area contributed by atoms with Crippen LogP contribution in [0.3, 0.4) is 0 Å². The summed E-state index contributed by atoms with van der Waals surface area (Å²) in [6.45, 7) is 3.27. The molecule has 0 bridgehead atoms. The zero-order chi connectivity index (χ0) is 13.9. The Morgan fingerprint density at radius 3 is 2.95 bits per heavy atom. The number of aromatic nitrogens is 1. The fourth-order valence-corrected chi connectivity index (χ4v) is 2.26. The Kier molecular flexibility index (Phi) is 4.01. The number of carbonyl (C=O) groups excluding carboxylic acids is 1. The standard InChI is InChI=1S/C13H19N3O3/c1-9-5-10(6-11(17)16-9)12(18)15-8-13(19)3-2-4-14-7-13/h5-6,14,19H,2-4,7-8H2,1H3,(H,15,18)(H,16,17). The maximum absolute atomic E-state index is 11.9. The first kappa shape index (κ1) is 13.8. The molecule has 1 fully saturated rings. The number of hydrogen-bond acceptors (Lipinski definition) is 4. The molecule has 1 aromatic rings. The second-order valence-electron chi connectivity index (χ2n) is 5.10. The normalized spacial score (nSPS) is 23.1. The minimum atomic E-state index is -0.899. The molecule has 0 aliphatic carbocycles. The average Bonchev–Trinajstić information content (AvgIpc) is 2.36. The van der Waals surface area contributed by atoms with E-state index in [1.165, 1.54) is 6.07 Å². The first-order valence-corrected chi connectivity index (χ1v) is 6.41. The van der Waals surface area contributed by atoms with Gasteiger partial charge in [-0.05, 0) is 32.4 Å². The number of hydrogen-bond donors (Lipinski definition) is 4. The summed E-state index contributed by atoms with van der Waals surface area (Å²) in [7, 11) is 0. The molecule has 0 aromatic carbocycles. The second-order valence-corrected chi connectivity index (χ2v) is 5.10. The van der Waals surface area contributed by atoms with Gasteiger partial charge in [-0.2, -0.15) is 0 Å². The van der Waals surface area contributed by atoms with Crippen LogP contribution in [0.4, 0.5) is 0 Å². The SMILES string of the molecule is Cc1cc(C(=O)NCC2(O)CCCNC2)cc(=O)[nH]1. The van der Waals surface area contributed by atoms with Crippen molar-refractivity contribution in [3.8, 4) is 0 Å². The number of rotatable bonds is 3. The van der Waals surface area contributed by atoms with Gasteiger partial charge in [-0.3, -0.25) is 9.59 Å². The lowest BCUT2D eigenvalue weighted by atomic mass is 9.94. The van der Waals surface area contributed by atoms with Crippen molar-refractivity contribution in [1.29, 1.82) is 0 Å². The summed E-state index contributed by atoms with van der Waals surface area (Å²) >= 11 is 0. The maximum atomic E-state index is 11.9. The largest absolute Gasteiger partial charge is 0.387 e. The zero-order valence-corrected chi connectivity index (χ0v) is 11.0. The van der Waals surface area contributed by atoms with E-state index in [1.807, 2.05) is 0 Å². The molecule has 1 aromatic heterocycles. The smallest absolute Gasteiger partial charge is 0.251 e. The van der Waals surface area contributed by atoms with Crippen LogP contribution in [-0.4, -0.2) is 41.2 Å². The Hall–Kier alpha value is -1.66. The molecule has 19 heavy (non-hydrogen) atoms. The van der Waals surface area contributed by atoms with Crippen LogP contribution < -0.4 is 16.2 Å². The van der Waals surface area contributed by atoms with E-state index in [0.717, 1.165) is 13.0 Å². The molecule has 6 nitrogen and oxygen atoms in total. The van der Waals surface area contributed by atoms with Crippen LogP contribution in [0.1, 0.15) is 28.9 Å². The third-order valence-corrected chi connectivity index (χ3v) is 3.27. The van der Waals surface area contributed by atoms with E-state index < -0.39 is 5.60 Å². The summed E-state index contributed by atoms with van der Waals surface area (Å²) in [5.74, 6) is -0.340. The lowest BCUT2D eigenvalue weighted by Crippen LogP contribution is -2.52. The lowest BCUT2D eigenvalue weighted by Gasteiger charge is -2.32. The maximum Gasteiger partial charge on any atom is 0.251 e. The van der Waals surface area contributed by atoms with E-state index in [9.17, 15) is 14.7 Å². The first-order chi connectivity index (χ1) is 8.98. The third-order valence-electron chi connectivity index (χ3n) is 3.27. The predicted molar refractivity (Wildman–Crippen MR) is 71.2 cm³/mol. The molecule has 104 valence electrons. The fraction of sp³-hybridized carbons (Fsp3) is 0.538. The molecule has 6 heteroatoms. The van der Waals surface area contributed by atoms with Crippen molar-refractivity contribution in [3.63, 3.8) is 0 Å². The van der Waals surface area contributed by atoms with Gasteiger partial charge in [0, 0.05) is 30.4 Å². The minimum absolute atomic E-state index is 0.185. The molecule has 1 saturated heterocycles. The Bertz CT molecular complexity index is 518. The molecule has 2 heterocycles. The Balaban J connectivity index is 1.99. The van der Waals surface area contributed by atoms with Crippen LogP contribution in [0, 0.1) is 6.92 Å². The minimum Gasteiger partial charge on any atom is -0.387 e. The van der Waals surface area contributed by atoms with Crippen LogP contribution in [0.5, 0.6) is 0 Å². The molecular weight excluding hydrogens is 246 g/mol. The van der Waals surface area contributed by atoms with Crippen molar-refractivity contribution in [2.24, 2.45) is 0 Å². The van der Waals surface area contributed by atoms with Crippen molar-refractivity contribution in [3.05, 3.63) is 33.7 Å². The number of β-amino-alcohol motifs (C(OH)–C–C–N with tert-alkyl or cyclic N) is 1. The van der Waals surface area contributed by atoms with Gasteiger partial charge in [0.05, 0.1) is 5.60 Å². The van der Waals surface area contributed by atoms with Crippen LogP contribution in [-0.2, 0) is 0 Å². The van der Waals surface area contributed by atoms with Crippen molar-refractivity contribution >= 4 is 5.91 Å². The van der Waals surface area contributed by atoms with Crippen LogP contribution in [0.15, 0.2) is 16.9 Å². The predicted octanol–water partition coefficient (Wildman–Crippen LogP) is -0.472. The highest BCUT2D eigenvalue weighted by molar-refractivity contribution is 5.94. The van der Waals surface area contributed by atoms with E-state index in [4.69, 9.17) is 0 Å². The van der Waals surface area contributed by atoms with Crippen LogP contribution >= 0.6 is 0 Å². The molecule has 0 saturated carbocycles. The van der Waals surface area contributed by atoms with Crippen LogP contribution in [0.2, 0.25) is 0 Å². The Morgan fingerprint density at radius 1 is 1.53 bits per heavy atom. The summed E-state index contributed by atoms with van der Waals surface area (Å²) in [4.78, 5) is 25.8. The average molecular weight is 265 g/mol. The van der Waals surface area contributed by atoms with Gasteiger partial charge in [0.25, 0.3) is 5.91 Å². The van der Waals surface area contributed by atoms with E-state index in [-0.39, 0.29) is 18.0 Å². The van der Waals surface area contributed by atoms with Gasteiger partial charge in [-0.25, -0.2) is 0 Å². The Morgan fingerprint density at radius 2 is 2.32 bits per heavy atom. The number of aliphatic hydroxyl groups is 1. The molecule has 1 aliphatic rings. The van der Waals surface area contributed by atoms with E-state index in [1.54, 1.807) is 13.0 Å². The summed E-state index contributed by atoms with van der Waals surface area (Å²) in [5, 5.41) is 16.0. The molecule has 1 amide bonds. The number of H-pyrrole nitrogens is 1. The molecule has 1 aliphatic heterocycles. The Labute approximate surface area is 111 Å².